The number of benzene rings is 1. The first-order valence-corrected chi connectivity index (χ1v) is 7.77. The van der Waals surface area contributed by atoms with E-state index in [1.807, 2.05) is 18.2 Å². The van der Waals surface area contributed by atoms with Crippen LogP contribution in [-0.4, -0.2) is 17.1 Å². The van der Waals surface area contributed by atoms with Crippen LogP contribution in [0.2, 0.25) is 0 Å². The van der Waals surface area contributed by atoms with Crippen LogP contribution in [0.4, 0.5) is 5.82 Å². The van der Waals surface area contributed by atoms with Crippen molar-refractivity contribution in [2.45, 2.75) is 38.9 Å². The van der Waals surface area contributed by atoms with Crippen molar-refractivity contribution in [1.82, 2.24) is 4.98 Å². The fourth-order valence-electron chi connectivity index (χ4n) is 3.13. The number of rotatable bonds is 3. The van der Waals surface area contributed by atoms with Crippen LogP contribution >= 0.6 is 0 Å². The SMILES string of the molecule is CC1(C)Cc2cccc(OCc3ccc4c(n3)NCC4)c2O1. The summed E-state index contributed by atoms with van der Waals surface area (Å²) in [5, 5.41) is 3.30. The van der Waals surface area contributed by atoms with Crippen molar-refractivity contribution in [1.29, 1.82) is 0 Å². The minimum Gasteiger partial charge on any atom is -0.483 e. The first kappa shape index (κ1) is 13.4. The summed E-state index contributed by atoms with van der Waals surface area (Å²) in [5.74, 6) is 2.68. The molecule has 4 nitrogen and oxygen atoms in total. The Hall–Kier alpha value is -2.23. The molecular formula is C18H20N2O2. The summed E-state index contributed by atoms with van der Waals surface area (Å²) in [6, 6.07) is 10.3. The Bertz CT molecular complexity index is 725. The van der Waals surface area contributed by atoms with Crippen LogP contribution in [-0.2, 0) is 19.4 Å². The highest BCUT2D eigenvalue weighted by atomic mass is 16.5. The van der Waals surface area contributed by atoms with E-state index in [2.05, 4.69) is 36.3 Å². The fourth-order valence-corrected chi connectivity index (χ4v) is 3.13. The van der Waals surface area contributed by atoms with Gasteiger partial charge in [0.15, 0.2) is 11.5 Å². The zero-order chi connectivity index (χ0) is 15.2. The van der Waals surface area contributed by atoms with Crippen molar-refractivity contribution < 1.29 is 9.47 Å². The average molecular weight is 296 g/mol. The summed E-state index contributed by atoms with van der Waals surface area (Å²) in [6.07, 6.45) is 1.97. The molecule has 0 amide bonds. The van der Waals surface area contributed by atoms with Gasteiger partial charge < -0.3 is 14.8 Å². The Labute approximate surface area is 130 Å². The van der Waals surface area contributed by atoms with E-state index in [0.29, 0.717) is 6.61 Å². The molecule has 0 unspecified atom stereocenters. The van der Waals surface area contributed by atoms with Crippen LogP contribution in [0.15, 0.2) is 30.3 Å². The molecule has 22 heavy (non-hydrogen) atoms. The van der Waals surface area contributed by atoms with Gasteiger partial charge in [-0.3, -0.25) is 0 Å². The second-order valence-corrected chi connectivity index (χ2v) is 6.56. The van der Waals surface area contributed by atoms with Crippen LogP contribution in [0.5, 0.6) is 11.5 Å². The number of nitrogens with zero attached hydrogens (tertiary/aromatic N) is 1. The molecule has 0 spiro atoms. The maximum Gasteiger partial charge on any atom is 0.165 e. The third kappa shape index (κ3) is 2.39. The van der Waals surface area contributed by atoms with Gasteiger partial charge >= 0.3 is 0 Å². The zero-order valence-electron chi connectivity index (χ0n) is 13.0. The van der Waals surface area contributed by atoms with Crippen molar-refractivity contribution in [3.63, 3.8) is 0 Å². The molecule has 1 aromatic heterocycles. The van der Waals surface area contributed by atoms with Gasteiger partial charge in [-0.1, -0.05) is 18.2 Å². The van der Waals surface area contributed by atoms with Gasteiger partial charge in [0.05, 0.1) is 5.69 Å². The van der Waals surface area contributed by atoms with Gasteiger partial charge in [-0.2, -0.15) is 0 Å². The monoisotopic (exact) mass is 296 g/mol. The highest BCUT2D eigenvalue weighted by Crippen LogP contribution is 2.41. The highest BCUT2D eigenvalue weighted by molar-refractivity contribution is 5.51. The Morgan fingerprint density at radius 2 is 2.14 bits per heavy atom. The predicted molar refractivity (Wildman–Crippen MR) is 85.6 cm³/mol. The Morgan fingerprint density at radius 1 is 1.23 bits per heavy atom. The number of pyridine rings is 1. The quantitative estimate of drug-likeness (QED) is 0.943. The zero-order valence-corrected chi connectivity index (χ0v) is 13.0. The van der Waals surface area contributed by atoms with Crippen molar-refractivity contribution in [3.8, 4) is 11.5 Å². The summed E-state index contributed by atoms with van der Waals surface area (Å²) in [4.78, 5) is 4.61. The predicted octanol–water partition coefficient (Wildman–Crippen LogP) is 3.34. The third-order valence-electron chi connectivity index (χ3n) is 4.15. The second-order valence-electron chi connectivity index (χ2n) is 6.56. The molecule has 0 aliphatic carbocycles. The van der Waals surface area contributed by atoms with Gasteiger partial charge in [0.25, 0.3) is 0 Å². The van der Waals surface area contributed by atoms with Gasteiger partial charge in [-0.05, 0) is 38.0 Å². The van der Waals surface area contributed by atoms with E-state index in [9.17, 15) is 0 Å². The third-order valence-corrected chi connectivity index (χ3v) is 4.15. The van der Waals surface area contributed by atoms with Crippen LogP contribution in [0.25, 0.3) is 0 Å². The van der Waals surface area contributed by atoms with E-state index in [0.717, 1.165) is 42.4 Å². The fraction of sp³-hybridized carbons (Fsp3) is 0.389. The molecule has 4 heteroatoms. The summed E-state index contributed by atoms with van der Waals surface area (Å²) < 4.78 is 12.0. The number of para-hydroxylation sites is 1. The van der Waals surface area contributed by atoms with Gasteiger partial charge in [-0.25, -0.2) is 4.98 Å². The maximum atomic E-state index is 6.03. The van der Waals surface area contributed by atoms with E-state index < -0.39 is 0 Å². The van der Waals surface area contributed by atoms with Gasteiger partial charge in [0, 0.05) is 18.5 Å². The van der Waals surface area contributed by atoms with Gasteiger partial charge in [0.1, 0.15) is 18.0 Å². The number of nitrogens with one attached hydrogen (secondary N) is 1. The molecule has 0 saturated heterocycles. The lowest BCUT2D eigenvalue weighted by Crippen LogP contribution is -2.24. The highest BCUT2D eigenvalue weighted by Gasteiger charge is 2.32. The first-order chi connectivity index (χ1) is 10.6. The summed E-state index contributed by atoms with van der Waals surface area (Å²) in [7, 11) is 0. The van der Waals surface area contributed by atoms with Crippen molar-refractivity contribution in [3.05, 3.63) is 47.2 Å². The lowest BCUT2D eigenvalue weighted by molar-refractivity contribution is 0.131. The Morgan fingerprint density at radius 3 is 3.05 bits per heavy atom. The molecule has 2 aliphatic heterocycles. The van der Waals surface area contributed by atoms with E-state index in [4.69, 9.17) is 9.47 Å². The second kappa shape index (κ2) is 4.90. The Balaban J connectivity index is 1.52. The number of hydrogen-bond acceptors (Lipinski definition) is 4. The minimum absolute atomic E-state index is 0.155. The smallest absolute Gasteiger partial charge is 0.165 e. The molecule has 2 aliphatic rings. The van der Waals surface area contributed by atoms with Crippen LogP contribution < -0.4 is 14.8 Å². The molecule has 3 heterocycles. The first-order valence-electron chi connectivity index (χ1n) is 7.77. The molecule has 0 radical (unpaired) electrons. The molecule has 0 fully saturated rings. The topological polar surface area (TPSA) is 43.4 Å². The van der Waals surface area contributed by atoms with Crippen LogP contribution in [0, 0.1) is 0 Å². The van der Waals surface area contributed by atoms with Crippen molar-refractivity contribution in [2.75, 3.05) is 11.9 Å². The molecule has 114 valence electrons. The molecule has 2 aromatic rings. The average Bonchev–Trinajstić information content (AvgIpc) is 3.06. The number of hydrogen-bond donors (Lipinski definition) is 1. The van der Waals surface area contributed by atoms with E-state index in [1.165, 1.54) is 11.1 Å². The number of fused-ring (bicyclic) bond motifs is 2. The largest absolute Gasteiger partial charge is 0.483 e. The minimum atomic E-state index is -0.155. The summed E-state index contributed by atoms with van der Waals surface area (Å²) in [6.45, 7) is 5.63. The number of aromatic nitrogens is 1. The van der Waals surface area contributed by atoms with E-state index >= 15 is 0 Å². The van der Waals surface area contributed by atoms with E-state index in [1.54, 1.807) is 0 Å². The summed E-state index contributed by atoms with van der Waals surface area (Å²) >= 11 is 0. The van der Waals surface area contributed by atoms with Crippen molar-refractivity contribution >= 4 is 5.82 Å². The van der Waals surface area contributed by atoms with Crippen LogP contribution in [0.3, 0.4) is 0 Å². The molecule has 1 N–H and O–H groups in total. The standard InChI is InChI=1S/C18H20N2O2/c1-18(2)10-13-4-3-5-15(16(13)22-18)21-11-14-7-6-12-8-9-19-17(12)20-14/h3-7H,8-11H2,1-2H3,(H,19,20). The molecular weight excluding hydrogens is 276 g/mol. The molecule has 1 aromatic carbocycles. The number of ether oxygens (including phenoxy) is 2. The molecule has 0 atom stereocenters. The number of anilines is 1. The van der Waals surface area contributed by atoms with Gasteiger partial charge in [0.2, 0.25) is 0 Å². The van der Waals surface area contributed by atoms with Crippen LogP contribution in [0.1, 0.15) is 30.7 Å². The molecule has 0 saturated carbocycles. The summed E-state index contributed by atoms with van der Waals surface area (Å²) in [5.41, 5.74) is 3.28. The molecule has 0 bridgehead atoms. The lowest BCUT2D eigenvalue weighted by Gasteiger charge is -2.18. The molecule has 4 rings (SSSR count). The van der Waals surface area contributed by atoms with Crippen molar-refractivity contribution in [2.24, 2.45) is 0 Å². The lowest BCUT2D eigenvalue weighted by atomic mass is 10.0. The maximum absolute atomic E-state index is 6.03. The van der Waals surface area contributed by atoms with Gasteiger partial charge in [-0.15, -0.1) is 0 Å². The normalized spacial score (nSPS) is 17.4. The van der Waals surface area contributed by atoms with E-state index in [-0.39, 0.29) is 5.60 Å². The Kier molecular flexibility index (Phi) is 2.99.